The van der Waals surface area contributed by atoms with Crippen molar-refractivity contribution in [2.24, 2.45) is 0 Å². The van der Waals surface area contributed by atoms with Crippen LogP contribution in [-0.4, -0.2) is 50.7 Å². The summed E-state index contributed by atoms with van der Waals surface area (Å²) in [6.07, 6.45) is 3.29. The summed E-state index contributed by atoms with van der Waals surface area (Å²) in [4.78, 5) is 11.8. The van der Waals surface area contributed by atoms with E-state index in [0.29, 0.717) is 6.04 Å². The molecule has 0 spiro atoms. The summed E-state index contributed by atoms with van der Waals surface area (Å²) in [5, 5.41) is 13.1. The zero-order valence-corrected chi connectivity index (χ0v) is 9.72. The summed E-state index contributed by atoms with van der Waals surface area (Å²) in [6.45, 7) is 4.50. The smallest absolute Gasteiger partial charge is 0.237 e. The molecule has 0 aliphatic carbocycles. The molecule has 0 radical (unpaired) electrons. The molecule has 5 heteroatoms. The fourth-order valence-electron chi connectivity index (χ4n) is 2.36. The third-order valence-corrected chi connectivity index (χ3v) is 3.27. The highest BCUT2D eigenvalue weighted by Crippen LogP contribution is 2.12. The van der Waals surface area contributed by atoms with Gasteiger partial charge in [0.2, 0.25) is 5.91 Å². The molecule has 2 atom stereocenters. The fourth-order valence-corrected chi connectivity index (χ4v) is 2.36. The molecule has 0 aromatic carbocycles. The standard InChI is InChI=1S/C11H22N4O/c16-11-10-3-1-2-9(15-10)8-13-5-4-12-6-7-14-11/h9-10,12-13,15H,1-8H2,(H,14,16). The molecule has 0 aromatic heterocycles. The van der Waals surface area contributed by atoms with E-state index in [1.54, 1.807) is 0 Å². The van der Waals surface area contributed by atoms with Gasteiger partial charge in [-0.15, -0.1) is 0 Å². The highest BCUT2D eigenvalue weighted by atomic mass is 16.2. The largest absolute Gasteiger partial charge is 0.353 e. The van der Waals surface area contributed by atoms with Crippen LogP contribution in [0, 0.1) is 0 Å². The first kappa shape index (κ1) is 11.8. The lowest BCUT2D eigenvalue weighted by molar-refractivity contribution is -0.123. The van der Waals surface area contributed by atoms with Gasteiger partial charge in [0, 0.05) is 38.8 Å². The Hall–Kier alpha value is -0.650. The van der Waals surface area contributed by atoms with Gasteiger partial charge in [0.1, 0.15) is 0 Å². The molecule has 5 nitrogen and oxygen atoms in total. The van der Waals surface area contributed by atoms with Gasteiger partial charge < -0.3 is 21.3 Å². The maximum absolute atomic E-state index is 11.8. The molecule has 2 saturated heterocycles. The molecular weight excluding hydrogens is 204 g/mol. The number of nitrogens with one attached hydrogen (secondary N) is 4. The Morgan fingerprint density at radius 1 is 1.00 bits per heavy atom. The van der Waals surface area contributed by atoms with E-state index < -0.39 is 0 Å². The van der Waals surface area contributed by atoms with Crippen LogP contribution in [0.4, 0.5) is 0 Å². The van der Waals surface area contributed by atoms with Gasteiger partial charge in [-0.2, -0.15) is 0 Å². The molecule has 2 bridgehead atoms. The van der Waals surface area contributed by atoms with Crippen LogP contribution in [0.1, 0.15) is 19.3 Å². The molecule has 2 heterocycles. The SMILES string of the molecule is O=C1NCCNCCNCC2CCCC1N2. The maximum Gasteiger partial charge on any atom is 0.237 e. The minimum absolute atomic E-state index is 0.0139. The normalized spacial score (nSPS) is 33.4. The van der Waals surface area contributed by atoms with Crippen molar-refractivity contribution in [3.05, 3.63) is 0 Å². The van der Waals surface area contributed by atoms with Gasteiger partial charge in [-0.25, -0.2) is 0 Å². The molecule has 2 aliphatic heterocycles. The Morgan fingerprint density at radius 2 is 1.81 bits per heavy atom. The summed E-state index contributed by atoms with van der Waals surface area (Å²) < 4.78 is 0. The Morgan fingerprint density at radius 3 is 2.75 bits per heavy atom. The van der Waals surface area contributed by atoms with E-state index in [0.717, 1.165) is 45.6 Å². The lowest BCUT2D eigenvalue weighted by Gasteiger charge is -2.31. The van der Waals surface area contributed by atoms with Crippen molar-refractivity contribution < 1.29 is 4.79 Å². The zero-order valence-electron chi connectivity index (χ0n) is 9.72. The van der Waals surface area contributed by atoms with Crippen LogP contribution >= 0.6 is 0 Å². The monoisotopic (exact) mass is 226 g/mol. The fraction of sp³-hybridized carbons (Fsp3) is 0.909. The van der Waals surface area contributed by atoms with E-state index >= 15 is 0 Å². The molecule has 2 unspecified atom stereocenters. The molecule has 2 rings (SSSR count). The topological polar surface area (TPSA) is 65.2 Å². The van der Waals surface area contributed by atoms with Crippen LogP contribution < -0.4 is 21.3 Å². The summed E-state index contributed by atoms with van der Waals surface area (Å²) >= 11 is 0. The number of carbonyl (C=O) groups is 1. The number of hydrogen-bond donors (Lipinski definition) is 4. The van der Waals surface area contributed by atoms with E-state index in [4.69, 9.17) is 0 Å². The van der Waals surface area contributed by atoms with Gasteiger partial charge in [0.15, 0.2) is 0 Å². The average molecular weight is 226 g/mol. The molecule has 2 fully saturated rings. The summed E-state index contributed by atoms with van der Waals surface area (Å²) in [7, 11) is 0. The molecule has 4 N–H and O–H groups in total. The summed E-state index contributed by atoms with van der Waals surface area (Å²) in [6, 6.07) is 0.462. The Kier molecular flexibility index (Phi) is 4.56. The first-order valence-electron chi connectivity index (χ1n) is 6.31. The lowest BCUT2D eigenvalue weighted by Crippen LogP contribution is -2.55. The third kappa shape index (κ3) is 3.43. The second-order valence-corrected chi connectivity index (χ2v) is 4.59. The van der Waals surface area contributed by atoms with Crippen LogP contribution in [0.15, 0.2) is 0 Å². The molecule has 1 amide bonds. The number of fused-ring (bicyclic) bond motifs is 2. The van der Waals surface area contributed by atoms with E-state index in [-0.39, 0.29) is 11.9 Å². The van der Waals surface area contributed by atoms with Gasteiger partial charge >= 0.3 is 0 Å². The molecule has 2 aliphatic rings. The number of rotatable bonds is 0. The van der Waals surface area contributed by atoms with Crippen LogP contribution in [0.2, 0.25) is 0 Å². The van der Waals surface area contributed by atoms with E-state index in [9.17, 15) is 4.79 Å². The molecule has 16 heavy (non-hydrogen) atoms. The van der Waals surface area contributed by atoms with Crippen LogP contribution in [0.3, 0.4) is 0 Å². The van der Waals surface area contributed by atoms with Crippen molar-refractivity contribution >= 4 is 5.91 Å². The van der Waals surface area contributed by atoms with Crippen molar-refractivity contribution in [2.75, 3.05) is 32.7 Å². The second-order valence-electron chi connectivity index (χ2n) is 4.59. The predicted molar refractivity (Wildman–Crippen MR) is 63.3 cm³/mol. The van der Waals surface area contributed by atoms with Crippen molar-refractivity contribution in [1.29, 1.82) is 0 Å². The maximum atomic E-state index is 11.8. The highest BCUT2D eigenvalue weighted by molar-refractivity contribution is 5.81. The number of hydrogen-bond acceptors (Lipinski definition) is 4. The third-order valence-electron chi connectivity index (χ3n) is 3.27. The second kappa shape index (κ2) is 6.18. The van der Waals surface area contributed by atoms with Crippen molar-refractivity contribution in [1.82, 2.24) is 21.3 Å². The predicted octanol–water partition coefficient (Wildman–Crippen LogP) is -1.19. The minimum Gasteiger partial charge on any atom is -0.353 e. The molecule has 0 aromatic rings. The number of piperidine rings is 1. The van der Waals surface area contributed by atoms with Crippen LogP contribution in [0.5, 0.6) is 0 Å². The van der Waals surface area contributed by atoms with E-state index in [1.165, 1.54) is 6.42 Å². The Bertz CT molecular complexity index is 234. The van der Waals surface area contributed by atoms with Gasteiger partial charge in [0.25, 0.3) is 0 Å². The molecular formula is C11H22N4O. The Labute approximate surface area is 96.7 Å². The van der Waals surface area contributed by atoms with Gasteiger partial charge in [0.05, 0.1) is 6.04 Å². The molecule has 0 saturated carbocycles. The highest BCUT2D eigenvalue weighted by Gasteiger charge is 2.25. The zero-order chi connectivity index (χ0) is 11.2. The van der Waals surface area contributed by atoms with E-state index in [2.05, 4.69) is 21.3 Å². The van der Waals surface area contributed by atoms with Crippen LogP contribution in [-0.2, 0) is 4.79 Å². The Balaban J connectivity index is 1.88. The average Bonchev–Trinajstić information content (AvgIpc) is 2.31. The van der Waals surface area contributed by atoms with E-state index in [1.807, 2.05) is 0 Å². The van der Waals surface area contributed by atoms with Gasteiger partial charge in [-0.1, -0.05) is 0 Å². The van der Waals surface area contributed by atoms with Crippen molar-refractivity contribution in [3.8, 4) is 0 Å². The molecule has 92 valence electrons. The number of carbonyl (C=O) groups excluding carboxylic acids is 1. The van der Waals surface area contributed by atoms with Gasteiger partial charge in [-0.3, -0.25) is 4.79 Å². The van der Waals surface area contributed by atoms with Crippen molar-refractivity contribution in [3.63, 3.8) is 0 Å². The number of amides is 1. The first-order valence-corrected chi connectivity index (χ1v) is 6.31. The summed E-state index contributed by atoms with van der Waals surface area (Å²) in [5.41, 5.74) is 0. The van der Waals surface area contributed by atoms with Gasteiger partial charge in [-0.05, 0) is 19.3 Å². The quantitative estimate of drug-likeness (QED) is 0.419. The van der Waals surface area contributed by atoms with Crippen molar-refractivity contribution in [2.45, 2.75) is 31.3 Å². The first-order chi connectivity index (χ1) is 7.86. The lowest BCUT2D eigenvalue weighted by atomic mass is 9.98. The van der Waals surface area contributed by atoms with Crippen LogP contribution in [0.25, 0.3) is 0 Å². The summed E-state index contributed by atoms with van der Waals surface area (Å²) in [5.74, 6) is 0.159. The minimum atomic E-state index is 0.0139.